The third kappa shape index (κ3) is 5.55. The van der Waals surface area contributed by atoms with Crippen LogP contribution in [0.1, 0.15) is 40.3 Å². The monoisotopic (exact) mass is 385 g/mol. The number of nitrogens with one attached hydrogen (secondary N) is 2. The van der Waals surface area contributed by atoms with Crippen LogP contribution in [0.4, 0.5) is 5.69 Å². The Balaban J connectivity index is 2.35. The molecule has 28 heavy (non-hydrogen) atoms. The van der Waals surface area contributed by atoms with E-state index in [1.165, 1.54) is 6.21 Å². The van der Waals surface area contributed by atoms with Crippen molar-refractivity contribution in [2.75, 3.05) is 5.32 Å². The molecular formula is C20H23N3O5. The summed E-state index contributed by atoms with van der Waals surface area (Å²) < 4.78 is 0. The Morgan fingerprint density at radius 1 is 1.11 bits per heavy atom. The van der Waals surface area contributed by atoms with E-state index in [1.54, 1.807) is 35.9 Å². The van der Waals surface area contributed by atoms with Crippen LogP contribution < -0.4 is 10.9 Å². The van der Waals surface area contributed by atoms with E-state index in [2.05, 4.69) is 10.4 Å². The van der Waals surface area contributed by atoms with E-state index in [9.17, 15) is 14.7 Å². The van der Waals surface area contributed by atoms with Crippen LogP contribution in [-0.2, 0) is 16.0 Å². The van der Waals surface area contributed by atoms with Gasteiger partial charge in [-0.1, -0.05) is 24.3 Å². The molecule has 2 rings (SSSR count). The highest BCUT2D eigenvalue weighted by Gasteiger charge is 2.23. The zero-order valence-corrected chi connectivity index (χ0v) is 15.6. The van der Waals surface area contributed by atoms with Crippen LogP contribution in [0, 0.1) is 13.8 Å². The lowest BCUT2D eigenvalue weighted by molar-refractivity contribution is -0.138. The third-order valence-electron chi connectivity index (χ3n) is 4.41. The minimum absolute atomic E-state index is 0.0746. The molecule has 148 valence electrons. The number of hydrogen-bond acceptors (Lipinski definition) is 6. The molecule has 0 saturated carbocycles. The third-order valence-corrected chi connectivity index (χ3v) is 4.41. The normalized spacial score (nSPS) is 12.0. The molecule has 0 bridgehead atoms. The van der Waals surface area contributed by atoms with E-state index in [-0.39, 0.29) is 12.8 Å². The predicted octanol–water partition coefficient (Wildman–Crippen LogP) is 2.87. The molecule has 5 N–H and O–H groups in total. The SMILES string of the molecule is Cc1cc(CCC(=O)O)c(C(Nc2ccc(/C=N\NO)cc2)C(=O)O)cc1C. The number of hydrazone groups is 1. The number of nitrogens with zero attached hydrogens (tertiary/aromatic N) is 1. The van der Waals surface area contributed by atoms with Gasteiger partial charge in [-0.3, -0.25) is 10.0 Å². The van der Waals surface area contributed by atoms with Crippen molar-refractivity contribution in [1.82, 2.24) is 5.59 Å². The number of rotatable bonds is 9. The van der Waals surface area contributed by atoms with Gasteiger partial charge in [0.15, 0.2) is 6.04 Å². The van der Waals surface area contributed by atoms with E-state index < -0.39 is 18.0 Å². The van der Waals surface area contributed by atoms with Gasteiger partial charge in [0.25, 0.3) is 0 Å². The molecule has 0 aliphatic carbocycles. The maximum Gasteiger partial charge on any atom is 0.330 e. The van der Waals surface area contributed by atoms with Crippen LogP contribution in [0.25, 0.3) is 0 Å². The van der Waals surface area contributed by atoms with Crippen molar-refractivity contribution in [2.24, 2.45) is 5.10 Å². The van der Waals surface area contributed by atoms with Crippen molar-refractivity contribution in [2.45, 2.75) is 32.7 Å². The molecule has 2 aromatic carbocycles. The summed E-state index contributed by atoms with van der Waals surface area (Å²) in [6.07, 6.45) is 1.58. The zero-order valence-electron chi connectivity index (χ0n) is 15.6. The number of benzene rings is 2. The minimum Gasteiger partial charge on any atom is -0.481 e. The van der Waals surface area contributed by atoms with E-state index in [0.717, 1.165) is 11.1 Å². The smallest absolute Gasteiger partial charge is 0.330 e. The first-order valence-electron chi connectivity index (χ1n) is 8.65. The molecule has 0 aliphatic heterocycles. The van der Waals surface area contributed by atoms with Crippen LogP contribution in [0.2, 0.25) is 0 Å². The Labute approximate surface area is 162 Å². The van der Waals surface area contributed by atoms with Gasteiger partial charge in [-0.25, -0.2) is 4.79 Å². The van der Waals surface area contributed by atoms with Gasteiger partial charge in [-0.2, -0.15) is 10.7 Å². The van der Waals surface area contributed by atoms with E-state index in [4.69, 9.17) is 10.3 Å². The fourth-order valence-corrected chi connectivity index (χ4v) is 2.83. The highest BCUT2D eigenvalue weighted by Crippen LogP contribution is 2.27. The average Bonchev–Trinajstić information content (AvgIpc) is 2.65. The molecule has 0 radical (unpaired) electrons. The highest BCUT2D eigenvalue weighted by atomic mass is 16.5. The first-order chi connectivity index (χ1) is 13.3. The summed E-state index contributed by atoms with van der Waals surface area (Å²) >= 11 is 0. The standard InChI is InChI=1S/C20H23N3O5/c1-12-9-15(5-8-18(24)25)17(10-13(12)2)19(20(26)27)22-16-6-3-14(4-7-16)11-21-23-28/h3-4,6-7,9-11,19,22-23,28H,5,8H2,1-2H3,(H,24,25)(H,26,27)/b21-11-. The molecule has 8 nitrogen and oxygen atoms in total. The molecule has 0 amide bonds. The van der Waals surface area contributed by atoms with Crippen LogP contribution >= 0.6 is 0 Å². The molecule has 0 saturated heterocycles. The first-order valence-corrected chi connectivity index (χ1v) is 8.65. The largest absolute Gasteiger partial charge is 0.481 e. The molecule has 0 heterocycles. The van der Waals surface area contributed by atoms with Crippen LogP contribution in [0.5, 0.6) is 0 Å². The van der Waals surface area contributed by atoms with Gasteiger partial charge in [0.05, 0.1) is 6.21 Å². The van der Waals surface area contributed by atoms with Crippen molar-refractivity contribution in [1.29, 1.82) is 0 Å². The minimum atomic E-state index is -1.06. The number of carboxylic acid groups (broad SMARTS) is 2. The molecule has 0 fully saturated rings. The molecule has 1 unspecified atom stereocenters. The number of carboxylic acids is 2. The Kier molecular flexibility index (Phi) is 7.11. The van der Waals surface area contributed by atoms with E-state index >= 15 is 0 Å². The van der Waals surface area contributed by atoms with Crippen molar-refractivity contribution < 1.29 is 25.0 Å². The summed E-state index contributed by atoms with van der Waals surface area (Å²) in [7, 11) is 0. The summed E-state index contributed by atoms with van der Waals surface area (Å²) in [5, 5.41) is 33.7. The Morgan fingerprint density at radius 2 is 1.75 bits per heavy atom. The quantitative estimate of drug-likeness (QED) is 0.331. The number of aryl methyl sites for hydroxylation is 3. The Morgan fingerprint density at radius 3 is 2.32 bits per heavy atom. The summed E-state index contributed by atoms with van der Waals surface area (Å²) in [4.78, 5) is 22.9. The van der Waals surface area contributed by atoms with Gasteiger partial charge in [0, 0.05) is 12.1 Å². The lowest BCUT2D eigenvalue weighted by Gasteiger charge is -2.21. The van der Waals surface area contributed by atoms with Crippen LogP contribution in [-0.4, -0.2) is 33.6 Å². The Hall–Kier alpha value is -3.39. The lowest BCUT2D eigenvalue weighted by atomic mass is 9.92. The van der Waals surface area contributed by atoms with Gasteiger partial charge < -0.3 is 15.5 Å². The molecule has 0 spiro atoms. The molecule has 1 atom stereocenters. The second kappa shape index (κ2) is 9.52. The lowest BCUT2D eigenvalue weighted by Crippen LogP contribution is -2.22. The Bertz CT molecular complexity index is 878. The first kappa shape index (κ1) is 20.9. The van der Waals surface area contributed by atoms with Crippen molar-refractivity contribution in [3.63, 3.8) is 0 Å². The average molecular weight is 385 g/mol. The van der Waals surface area contributed by atoms with Crippen LogP contribution in [0.15, 0.2) is 41.5 Å². The summed E-state index contributed by atoms with van der Waals surface area (Å²) in [5.74, 6) is -1.99. The summed E-state index contributed by atoms with van der Waals surface area (Å²) in [6.45, 7) is 3.80. The van der Waals surface area contributed by atoms with Gasteiger partial charge in [-0.05, 0) is 60.2 Å². The van der Waals surface area contributed by atoms with Gasteiger partial charge in [0.1, 0.15) is 0 Å². The topological polar surface area (TPSA) is 131 Å². The van der Waals surface area contributed by atoms with Crippen molar-refractivity contribution >= 4 is 23.8 Å². The zero-order chi connectivity index (χ0) is 20.7. The maximum absolute atomic E-state index is 12.0. The fraction of sp³-hybridized carbons (Fsp3) is 0.250. The van der Waals surface area contributed by atoms with E-state index in [1.807, 2.05) is 19.9 Å². The molecular weight excluding hydrogens is 362 g/mol. The van der Waals surface area contributed by atoms with Crippen molar-refractivity contribution in [3.8, 4) is 0 Å². The van der Waals surface area contributed by atoms with Gasteiger partial charge in [-0.15, -0.1) is 0 Å². The van der Waals surface area contributed by atoms with Gasteiger partial charge in [0.2, 0.25) is 0 Å². The maximum atomic E-state index is 12.0. The second-order valence-corrected chi connectivity index (χ2v) is 6.42. The molecule has 8 heteroatoms. The number of carbonyl (C=O) groups is 2. The number of hydrogen-bond donors (Lipinski definition) is 5. The molecule has 0 aliphatic rings. The van der Waals surface area contributed by atoms with E-state index in [0.29, 0.717) is 22.4 Å². The second-order valence-electron chi connectivity index (χ2n) is 6.42. The summed E-state index contributed by atoms with van der Waals surface area (Å²) in [5.41, 5.74) is 6.13. The number of aliphatic carboxylic acids is 2. The van der Waals surface area contributed by atoms with Crippen LogP contribution in [0.3, 0.4) is 0 Å². The van der Waals surface area contributed by atoms with Crippen molar-refractivity contribution in [3.05, 3.63) is 64.2 Å². The fourth-order valence-electron chi connectivity index (χ4n) is 2.83. The van der Waals surface area contributed by atoms with Gasteiger partial charge >= 0.3 is 11.9 Å². The molecule has 0 aromatic heterocycles. The highest BCUT2D eigenvalue weighted by molar-refractivity contribution is 5.82. The predicted molar refractivity (Wildman–Crippen MR) is 105 cm³/mol. The summed E-state index contributed by atoms with van der Waals surface area (Å²) in [6, 6.07) is 9.46. The molecule has 2 aromatic rings. The number of anilines is 1.